The zero-order valence-electron chi connectivity index (χ0n) is 8.93. The Labute approximate surface area is 89.1 Å². The predicted octanol–water partition coefficient (Wildman–Crippen LogP) is 0.519. The number of carbonyl (C=O) groups is 1. The molecule has 0 aromatic rings. The maximum atomic E-state index is 11.1. The SMILES string of the molecule is C=CCOC(=O)/C(N)=C(O)/C=C/N(C)C. The third-order valence-electron chi connectivity index (χ3n) is 1.36. The van der Waals surface area contributed by atoms with Gasteiger partial charge in [-0.15, -0.1) is 0 Å². The van der Waals surface area contributed by atoms with Crippen LogP contribution in [0.5, 0.6) is 0 Å². The van der Waals surface area contributed by atoms with Crippen molar-refractivity contribution in [2.24, 2.45) is 5.73 Å². The van der Waals surface area contributed by atoms with Crippen molar-refractivity contribution >= 4 is 5.97 Å². The summed E-state index contributed by atoms with van der Waals surface area (Å²) in [4.78, 5) is 12.8. The molecule has 0 radical (unpaired) electrons. The molecule has 0 rings (SSSR count). The Morgan fingerprint density at radius 2 is 2.20 bits per heavy atom. The Morgan fingerprint density at radius 1 is 1.60 bits per heavy atom. The molecule has 84 valence electrons. The third-order valence-corrected chi connectivity index (χ3v) is 1.36. The number of allylic oxidation sites excluding steroid dienone is 1. The van der Waals surface area contributed by atoms with Crippen LogP contribution in [0.3, 0.4) is 0 Å². The van der Waals surface area contributed by atoms with E-state index in [1.807, 2.05) is 0 Å². The van der Waals surface area contributed by atoms with Gasteiger partial charge in [-0.3, -0.25) is 0 Å². The van der Waals surface area contributed by atoms with Gasteiger partial charge in [0.1, 0.15) is 12.4 Å². The van der Waals surface area contributed by atoms with Gasteiger partial charge in [-0.2, -0.15) is 0 Å². The molecule has 5 nitrogen and oxygen atoms in total. The van der Waals surface area contributed by atoms with E-state index >= 15 is 0 Å². The molecule has 0 amide bonds. The second-order valence-electron chi connectivity index (χ2n) is 2.97. The molecule has 0 heterocycles. The van der Waals surface area contributed by atoms with Crippen LogP contribution in [0.1, 0.15) is 0 Å². The first-order chi connectivity index (χ1) is 6.99. The van der Waals surface area contributed by atoms with Gasteiger partial charge in [0.15, 0.2) is 5.70 Å². The molecule has 5 heteroatoms. The molecule has 0 aliphatic heterocycles. The maximum absolute atomic E-state index is 11.1. The summed E-state index contributed by atoms with van der Waals surface area (Å²) in [6.45, 7) is 3.44. The highest BCUT2D eigenvalue weighted by molar-refractivity contribution is 5.88. The van der Waals surface area contributed by atoms with Crippen molar-refractivity contribution in [3.8, 4) is 0 Å². The monoisotopic (exact) mass is 212 g/mol. The first kappa shape index (κ1) is 13.1. The van der Waals surface area contributed by atoms with Crippen molar-refractivity contribution in [1.29, 1.82) is 0 Å². The molecular weight excluding hydrogens is 196 g/mol. The lowest BCUT2D eigenvalue weighted by Gasteiger charge is -2.05. The number of rotatable bonds is 5. The molecule has 0 aliphatic rings. The molecule has 3 N–H and O–H groups in total. The summed E-state index contributed by atoms with van der Waals surface area (Å²) in [5.41, 5.74) is 5.01. The van der Waals surface area contributed by atoms with Crippen molar-refractivity contribution < 1.29 is 14.6 Å². The van der Waals surface area contributed by atoms with E-state index < -0.39 is 5.97 Å². The number of carbonyl (C=O) groups excluding carboxylic acids is 1. The van der Waals surface area contributed by atoms with Crippen molar-refractivity contribution in [3.05, 3.63) is 36.4 Å². The predicted molar refractivity (Wildman–Crippen MR) is 57.8 cm³/mol. The Hall–Kier alpha value is -1.91. The first-order valence-corrected chi connectivity index (χ1v) is 4.30. The fraction of sp³-hybridized carbons (Fsp3) is 0.300. The van der Waals surface area contributed by atoms with Gasteiger partial charge in [0.2, 0.25) is 0 Å². The van der Waals surface area contributed by atoms with Gasteiger partial charge in [0, 0.05) is 20.3 Å². The number of aliphatic hydroxyl groups excluding tert-OH is 1. The van der Waals surface area contributed by atoms with Crippen LogP contribution in [0.15, 0.2) is 36.4 Å². The van der Waals surface area contributed by atoms with E-state index in [0.717, 1.165) is 0 Å². The van der Waals surface area contributed by atoms with Crippen LogP contribution < -0.4 is 5.73 Å². The normalized spacial score (nSPS) is 12.1. The molecule has 0 aromatic heterocycles. The molecular formula is C10H16N2O3. The first-order valence-electron chi connectivity index (χ1n) is 4.30. The highest BCUT2D eigenvalue weighted by Gasteiger charge is 2.10. The Kier molecular flexibility index (Phi) is 5.70. The Morgan fingerprint density at radius 3 is 2.67 bits per heavy atom. The van der Waals surface area contributed by atoms with Gasteiger partial charge in [-0.1, -0.05) is 12.7 Å². The molecule has 0 atom stereocenters. The summed E-state index contributed by atoms with van der Waals surface area (Å²) in [7, 11) is 3.55. The average molecular weight is 212 g/mol. The molecule has 0 aliphatic carbocycles. The largest absolute Gasteiger partial charge is 0.505 e. The minimum atomic E-state index is -0.768. The number of hydrogen-bond acceptors (Lipinski definition) is 5. The van der Waals surface area contributed by atoms with E-state index in [0.29, 0.717) is 0 Å². The van der Waals surface area contributed by atoms with E-state index in [4.69, 9.17) is 5.73 Å². The van der Waals surface area contributed by atoms with Crippen LogP contribution in [0.4, 0.5) is 0 Å². The Bertz CT molecular complexity index is 293. The fourth-order valence-corrected chi connectivity index (χ4v) is 0.626. The van der Waals surface area contributed by atoms with Gasteiger partial charge in [-0.25, -0.2) is 4.79 Å². The molecule has 0 fully saturated rings. The summed E-state index contributed by atoms with van der Waals surface area (Å²) < 4.78 is 4.63. The van der Waals surface area contributed by atoms with E-state index in [2.05, 4.69) is 11.3 Å². The molecule has 0 saturated heterocycles. The maximum Gasteiger partial charge on any atom is 0.358 e. The number of aliphatic hydroxyl groups is 1. The van der Waals surface area contributed by atoms with Crippen molar-refractivity contribution in [3.63, 3.8) is 0 Å². The van der Waals surface area contributed by atoms with Crippen LogP contribution in [-0.4, -0.2) is 36.7 Å². The van der Waals surface area contributed by atoms with Crippen LogP contribution in [-0.2, 0) is 9.53 Å². The molecule has 0 aromatic carbocycles. The van der Waals surface area contributed by atoms with Crippen LogP contribution in [0, 0.1) is 0 Å². The molecule has 0 saturated carbocycles. The number of ether oxygens (including phenoxy) is 1. The zero-order valence-corrected chi connectivity index (χ0v) is 8.93. The van der Waals surface area contributed by atoms with E-state index in [1.54, 1.807) is 25.2 Å². The lowest BCUT2D eigenvalue weighted by molar-refractivity contribution is -0.138. The molecule has 0 bridgehead atoms. The highest BCUT2D eigenvalue weighted by atomic mass is 16.5. The minimum absolute atomic E-state index is 0.0597. The standard InChI is InChI=1S/C10H16N2O3/c1-4-7-15-10(14)9(11)8(13)5-6-12(2)3/h4-6,13H,1,7,11H2,2-3H3/b6-5+,9-8+. The summed E-state index contributed by atoms with van der Waals surface area (Å²) in [6.07, 6.45) is 4.28. The van der Waals surface area contributed by atoms with Crippen LogP contribution in [0.2, 0.25) is 0 Å². The van der Waals surface area contributed by atoms with Gasteiger partial charge >= 0.3 is 5.97 Å². The summed E-state index contributed by atoms with van der Waals surface area (Å²) >= 11 is 0. The average Bonchev–Trinajstić information content (AvgIpc) is 2.21. The highest BCUT2D eigenvalue weighted by Crippen LogP contribution is 2.00. The molecule has 0 unspecified atom stereocenters. The Balaban J connectivity index is 4.48. The third kappa shape index (κ3) is 5.41. The second kappa shape index (κ2) is 6.53. The zero-order chi connectivity index (χ0) is 11.8. The topological polar surface area (TPSA) is 75.8 Å². The number of hydrogen-bond donors (Lipinski definition) is 2. The molecule has 0 spiro atoms. The second-order valence-corrected chi connectivity index (χ2v) is 2.97. The van der Waals surface area contributed by atoms with Crippen molar-refractivity contribution in [1.82, 2.24) is 4.90 Å². The summed E-state index contributed by atoms with van der Waals surface area (Å²) in [5, 5.41) is 9.35. The van der Waals surface area contributed by atoms with E-state index in [9.17, 15) is 9.90 Å². The lowest BCUT2D eigenvalue weighted by atomic mass is 10.3. The summed E-state index contributed by atoms with van der Waals surface area (Å²) in [6, 6.07) is 0. The smallest absolute Gasteiger partial charge is 0.358 e. The van der Waals surface area contributed by atoms with Crippen molar-refractivity contribution in [2.45, 2.75) is 0 Å². The van der Waals surface area contributed by atoms with E-state index in [-0.39, 0.29) is 18.1 Å². The minimum Gasteiger partial charge on any atom is -0.505 e. The van der Waals surface area contributed by atoms with Crippen LogP contribution >= 0.6 is 0 Å². The molecule has 15 heavy (non-hydrogen) atoms. The number of nitrogens with two attached hydrogens (primary N) is 1. The lowest BCUT2D eigenvalue weighted by Crippen LogP contribution is -2.17. The van der Waals surface area contributed by atoms with Gasteiger partial charge in [0.25, 0.3) is 0 Å². The quantitative estimate of drug-likeness (QED) is 0.228. The number of nitrogens with zero attached hydrogens (tertiary/aromatic N) is 1. The number of esters is 1. The van der Waals surface area contributed by atoms with Gasteiger partial charge in [-0.05, 0) is 6.08 Å². The van der Waals surface area contributed by atoms with Crippen LogP contribution in [0.25, 0.3) is 0 Å². The van der Waals surface area contributed by atoms with Gasteiger partial charge < -0.3 is 20.5 Å². The van der Waals surface area contributed by atoms with Gasteiger partial charge in [0.05, 0.1) is 0 Å². The van der Waals surface area contributed by atoms with E-state index in [1.165, 1.54) is 12.2 Å². The van der Waals surface area contributed by atoms with Crippen molar-refractivity contribution in [2.75, 3.05) is 20.7 Å². The summed E-state index contributed by atoms with van der Waals surface area (Å²) in [5.74, 6) is -1.09. The fourth-order valence-electron chi connectivity index (χ4n) is 0.626.